The van der Waals surface area contributed by atoms with Crippen LogP contribution in [0.15, 0.2) is 12.1 Å². The molecule has 0 aromatic carbocycles. The van der Waals surface area contributed by atoms with E-state index in [-0.39, 0.29) is 11.4 Å². The molecule has 4 heteroatoms. The first-order valence-corrected chi connectivity index (χ1v) is 7.88. The highest BCUT2D eigenvalue weighted by Gasteiger charge is 2.30. The largest absolute Gasteiger partial charge is 0.477 e. The predicted octanol–water partition coefficient (Wildman–Crippen LogP) is 3.28. The Morgan fingerprint density at radius 1 is 1.29 bits per heavy atom. The first kappa shape index (κ1) is 14.4. The van der Waals surface area contributed by atoms with E-state index in [1.807, 2.05) is 32.9 Å². The van der Waals surface area contributed by atoms with E-state index in [9.17, 15) is 4.79 Å². The molecule has 1 aromatic heterocycles. The molecule has 0 saturated heterocycles. The molecule has 2 fully saturated rings. The Morgan fingerprint density at radius 2 is 2.00 bits per heavy atom. The van der Waals surface area contributed by atoms with Crippen LogP contribution in [0.1, 0.15) is 68.4 Å². The Labute approximate surface area is 126 Å². The summed E-state index contributed by atoms with van der Waals surface area (Å²) in [5.74, 6) is 1.80. The van der Waals surface area contributed by atoms with Crippen molar-refractivity contribution in [3.63, 3.8) is 0 Å². The Kier molecular flexibility index (Phi) is 3.64. The molecule has 0 atom stereocenters. The van der Waals surface area contributed by atoms with Gasteiger partial charge >= 0.3 is 0 Å². The Morgan fingerprint density at radius 3 is 2.57 bits per heavy atom. The molecule has 2 saturated carbocycles. The molecule has 0 radical (unpaired) electrons. The smallest absolute Gasteiger partial charge is 0.270 e. The van der Waals surface area contributed by atoms with Gasteiger partial charge in [0.25, 0.3) is 5.91 Å². The van der Waals surface area contributed by atoms with Gasteiger partial charge in [-0.2, -0.15) is 0 Å². The molecule has 1 heterocycles. The fourth-order valence-electron chi connectivity index (χ4n) is 2.28. The van der Waals surface area contributed by atoms with E-state index in [0.29, 0.717) is 23.4 Å². The van der Waals surface area contributed by atoms with Gasteiger partial charge in [-0.15, -0.1) is 0 Å². The summed E-state index contributed by atoms with van der Waals surface area (Å²) in [5, 5.41) is 2.95. The maximum absolute atomic E-state index is 12.2. The standard InChI is InChI=1S/C17H24N2O2/c1-17(2,3)19-15(20)14-9-8-13(12-6-7-12)16(18-14)21-10-11-4-5-11/h8-9,11-12H,4-7,10H2,1-3H3,(H,19,20). The third kappa shape index (κ3) is 3.96. The van der Waals surface area contributed by atoms with Crippen LogP contribution in [0.2, 0.25) is 0 Å². The molecular formula is C17H24N2O2. The minimum atomic E-state index is -0.261. The van der Waals surface area contributed by atoms with Gasteiger partial charge in [0.05, 0.1) is 6.61 Å². The molecular weight excluding hydrogens is 264 g/mol. The second-order valence-electron chi connectivity index (χ2n) is 7.32. The zero-order chi connectivity index (χ0) is 15.0. The molecule has 0 bridgehead atoms. The highest BCUT2D eigenvalue weighted by molar-refractivity contribution is 5.92. The van der Waals surface area contributed by atoms with Gasteiger partial charge in [0.15, 0.2) is 0 Å². The van der Waals surface area contributed by atoms with Gasteiger partial charge in [-0.05, 0) is 64.4 Å². The quantitative estimate of drug-likeness (QED) is 0.904. The molecule has 1 N–H and O–H groups in total. The second-order valence-corrected chi connectivity index (χ2v) is 7.32. The molecule has 114 valence electrons. The zero-order valence-corrected chi connectivity index (χ0v) is 13.1. The van der Waals surface area contributed by atoms with Crippen molar-refractivity contribution in [3.8, 4) is 5.88 Å². The summed E-state index contributed by atoms with van der Waals surface area (Å²) in [6.45, 7) is 6.63. The van der Waals surface area contributed by atoms with E-state index in [1.165, 1.54) is 31.2 Å². The van der Waals surface area contributed by atoms with Gasteiger partial charge in [-0.25, -0.2) is 4.98 Å². The fourth-order valence-corrected chi connectivity index (χ4v) is 2.28. The summed E-state index contributed by atoms with van der Waals surface area (Å²) in [7, 11) is 0. The number of hydrogen-bond acceptors (Lipinski definition) is 3. The SMILES string of the molecule is CC(C)(C)NC(=O)c1ccc(C2CC2)c(OCC2CC2)n1. The van der Waals surface area contributed by atoms with Crippen molar-refractivity contribution in [2.24, 2.45) is 5.92 Å². The van der Waals surface area contributed by atoms with Crippen LogP contribution in [0, 0.1) is 5.92 Å². The average Bonchev–Trinajstić information content (AvgIpc) is 3.26. The second kappa shape index (κ2) is 5.32. The number of nitrogens with one attached hydrogen (secondary N) is 1. The summed E-state index contributed by atoms with van der Waals surface area (Å²) >= 11 is 0. The molecule has 1 amide bonds. The van der Waals surface area contributed by atoms with Crippen molar-refractivity contribution in [2.75, 3.05) is 6.61 Å². The highest BCUT2D eigenvalue weighted by atomic mass is 16.5. The lowest BCUT2D eigenvalue weighted by Crippen LogP contribution is -2.41. The molecule has 21 heavy (non-hydrogen) atoms. The first-order chi connectivity index (χ1) is 9.92. The molecule has 3 rings (SSSR count). The Balaban J connectivity index is 1.77. The minimum absolute atomic E-state index is 0.138. The molecule has 4 nitrogen and oxygen atoms in total. The van der Waals surface area contributed by atoms with Gasteiger partial charge in [0, 0.05) is 11.1 Å². The van der Waals surface area contributed by atoms with Crippen LogP contribution in [-0.2, 0) is 0 Å². The van der Waals surface area contributed by atoms with Crippen molar-refractivity contribution in [3.05, 3.63) is 23.4 Å². The number of rotatable bonds is 5. The number of nitrogens with zero attached hydrogens (tertiary/aromatic N) is 1. The lowest BCUT2D eigenvalue weighted by molar-refractivity contribution is 0.0913. The third-order valence-electron chi connectivity index (χ3n) is 3.78. The number of amides is 1. The van der Waals surface area contributed by atoms with Crippen LogP contribution in [0.25, 0.3) is 0 Å². The number of carbonyl (C=O) groups excluding carboxylic acids is 1. The molecule has 0 spiro atoms. The van der Waals surface area contributed by atoms with Crippen molar-refractivity contribution in [1.82, 2.24) is 10.3 Å². The van der Waals surface area contributed by atoms with E-state index in [2.05, 4.69) is 10.3 Å². The predicted molar refractivity (Wildman–Crippen MR) is 81.7 cm³/mol. The Hall–Kier alpha value is -1.58. The van der Waals surface area contributed by atoms with Crippen LogP contribution in [-0.4, -0.2) is 23.0 Å². The van der Waals surface area contributed by atoms with Crippen LogP contribution in [0.5, 0.6) is 5.88 Å². The number of carbonyl (C=O) groups is 1. The first-order valence-electron chi connectivity index (χ1n) is 7.88. The lowest BCUT2D eigenvalue weighted by atomic mass is 10.1. The number of aromatic nitrogens is 1. The molecule has 0 unspecified atom stereocenters. The Bertz CT molecular complexity index is 540. The van der Waals surface area contributed by atoms with Crippen molar-refractivity contribution in [1.29, 1.82) is 0 Å². The maximum Gasteiger partial charge on any atom is 0.270 e. The third-order valence-corrected chi connectivity index (χ3v) is 3.78. The maximum atomic E-state index is 12.2. The fraction of sp³-hybridized carbons (Fsp3) is 0.647. The van der Waals surface area contributed by atoms with Crippen molar-refractivity contribution < 1.29 is 9.53 Å². The number of pyridine rings is 1. The van der Waals surface area contributed by atoms with Crippen LogP contribution in [0.4, 0.5) is 0 Å². The van der Waals surface area contributed by atoms with E-state index in [0.717, 1.165) is 6.61 Å². The molecule has 2 aliphatic carbocycles. The summed E-state index contributed by atoms with van der Waals surface area (Å²) in [4.78, 5) is 16.7. The summed E-state index contributed by atoms with van der Waals surface area (Å²) < 4.78 is 5.89. The minimum Gasteiger partial charge on any atom is -0.477 e. The van der Waals surface area contributed by atoms with Gasteiger partial charge < -0.3 is 10.1 Å². The number of ether oxygens (including phenoxy) is 1. The zero-order valence-electron chi connectivity index (χ0n) is 13.1. The van der Waals surface area contributed by atoms with E-state index in [4.69, 9.17) is 4.74 Å². The van der Waals surface area contributed by atoms with E-state index in [1.54, 1.807) is 0 Å². The van der Waals surface area contributed by atoms with Gasteiger partial charge in [0.2, 0.25) is 5.88 Å². The monoisotopic (exact) mass is 288 g/mol. The van der Waals surface area contributed by atoms with Gasteiger partial charge in [-0.1, -0.05) is 6.07 Å². The molecule has 2 aliphatic rings. The topological polar surface area (TPSA) is 51.2 Å². The summed E-state index contributed by atoms with van der Waals surface area (Å²) in [6.07, 6.45) is 4.91. The lowest BCUT2D eigenvalue weighted by Gasteiger charge is -2.20. The summed E-state index contributed by atoms with van der Waals surface area (Å²) in [6, 6.07) is 3.84. The summed E-state index contributed by atoms with van der Waals surface area (Å²) in [5.41, 5.74) is 1.35. The normalized spacial score (nSPS) is 18.4. The van der Waals surface area contributed by atoms with Crippen molar-refractivity contribution >= 4 is 5.91 Å². The van der Waals surface area contributed by atoms with Crippen LogP contribution in [0.3, 0.4) is 0 Å². The van der Waals surface area contributed by atoms with Gasteiger partial charge in [-0.3, -0.25) is 4.79 Å². The molecule has 1 aromatic rings. The number of hydrogen-bond donors (Lipinski definition) is 1. The van der Waals surface area contributed by atoms with E-state index < -0.39 is 0 Å². The van der Waals surface area contributed by atoms with Crippen LogP contribution >= 0.6 is 0 Å². The average molecular weight is 288 g/mol. The molecule has 0 aliphatic heterocycles. The highest BCUT2D eigenvalue weighted by Crippen LogP contribution is 2.44. The van der Waals surface area contributed by atoms with E-state index >= 15 is 0 Å². The van der Waals surface area contributed by atoms with Crippen molar-refractivity contribution in [2.45, 2.75) is 57.9 Å². The van der Waals surface area contributed by atoms with Crippen LogP contribution < -0.4 is 10.1 Å². The van der Waals surface area contributed by atoms with Gasteiger partial charge in [0.1, 0.15) is 5.69 Å².